The quantitative estimate of drug-likeness (QED) is 0.346. The number of alkyl halides is 3. The molecule has 0 saturated heterocycles. The molecule has 3 N–H and O–H groups in total. The van der Waals surface area contributed by atoms with E-state index >= 15 is 0 Å². The summed E-state index contributed by atoms with van der Waals surface area (Å²) in [6.07, 6.45) is -6.23. The normalized spacial score (nSPS) is 15.5. The Morgan fingerprint density at radius 3 is 2.36 bits per heavy atom. The fourth-order valence-electron chi connectivity index (χ4n) is 4.59. The number of anilines is 1. The molecule has 208 valence electrons. The zero-order valence-corrected chi connectivity index (χ0v) is 22.3. The standard InChI is InChI=1S/C26H27ClF3N5O4/c1-14(35(23(38)39)24(2,3)4)20-32-18-10-6-9-17(27)19(18)21(36)34(20)16-8-5-7-15(13-16)31-22(37)33-25(11-12-25)26(28,29)30/h5-10,13-14H,11-12H2,1-4H3,(H,38,39)(H2,31,33,37). The second kappa shape index (κ2) is 9.74. The lowest BCUT2D eigenvalue weighted by atomic mass is 10.0. The number of nitrogens with one attached hydrogen (secondary N) is 2. The van der Waals surface area contributed by atoms with Gasteiger partial charge in [-0.25, -0.2) is 14.6 Å². The highest BCUT2D eigenvalue weighted by atomic mass is 35.5. The summed E-state index contributed by atoms with van der Waals surface area (Å²) in [5.41, 5.74) is -3.12. The van der Waals surface area contributed by atoms with Crippen LogP contribution in [-0.2, 0) is 0 Å². The largest absolute Gasteiger partial charge is 0.465 e. The Hall–Kier alpha value is -3.80. The minimum atomic E-state index is -4.58. The van der Waals surface area contributed by atoms with Gasteiger partial charge in [0.2, 0.25) is 0 Å². The minimum Gasteiger partial charge on any atom is -0.465 e. The molecule has 3 aromatic rings. The number of urea groups is 1. The molecular formula is C26H27ClF3N5O4. The van der Waals surface area contributed by atoms with E-state index in [1.807, 2.05) is 5.32 Å². The third-order valence-electron chi connectivity index (χ3n) is 6.57. The van der Waals surface area contributed by atoms with E-state index in [4.69, 9.17) is 11.6 Å². The zero-order chi connectivity index (χ0) is 28.9. The van der Waals surface area contributed by atoms with Crippen LogP contribution < -0.4 is 16.2 Å². The molecule has 1 fully saturated rings. The van der Waals surface area contributed by atoms with E-state index in [0.717, 1.165) is 4.90 Å². The number of rotatable bonds is 5. The SMILES string of the molecule is CC(c1nc2cccc(Cl)c2c(=O)n1-c1cccc(NC(=O)NC2(C(F)(F)F)CC2)c1)N(C(=O)O)C(C)(C)C. The van der Waals surface area contributed by atoms with Gasteiger partial charge < -0.3 is 15.7 Å². The molecule has 1 aliphatic rings. The number of carbonyl (C=O) groups is 2. The summed E-state index contributed by atoms with van der Waals surface area (Å²) in [6, 6.07) is 8.63. The topological polar surface area (TPSA) is 117 Å². The third-order valence-corrected chi connectivity index (χ3v) is 6.89. The lowest BCUT2D eigenvalue weighted by Crippen LogP contribution is -2.49. The van der Waals surface area contributed by atoms with Crippen LogP contribution in [0, 0.1) is 0 Å². The van der Waals surface area contributed by atoms with Crippen LogP contribution in [0.25, 0.3) is 16.6 Å². The van der Waals surface area contributed by atoms with E-state index in [-0.39, 0.29) is 46.0 Å². The Balaban J connectivity index is 1.82. The molecule has 1 atom stereocenters. The van der Waals surface area contributed by atoms with E-state index in [2.05, 4.69) is 10.3 Å². The zero-order valence-electron chi connectivity index (χ0n) is 21.6. The molecular weight excluding hydrogens is 539 g/mol. The van der Waals surface area contributed by atoms with E-state index in [1.54, 1.807) is 39.8 Å². The van der Waals surface area contributed by atoms with Crippen molar-refractivity contribution in [2.45, 2.75) is 63.8 Å². The highest BCUT2D eigenvalue weighted by molar-refractivity contribution is 6.35. The van der Waals surface area contributed by atoms with Crippen molar-refractivity contribution in [2.75, 3.05) is 5.32 Å². The molecule has 0 bridgehead atoms. The lowest BCUT2D eigenvalue weighted by Gasteiger charge is -2.38. The number of aromatic nitrogens is 2. The minimum absolute atomic E-state index is 0.0858. The summed E-state index contributed by atoms with van der Waals surface area (Å²) >= 11 is 6.33. The molecule has 1 unspecified atom stereocenters. The van der Waals surface area contributed by atoms with Crippen LogP contribution in [0.15, 0.2) is 47.3 Å². The summed E-state index contributed by atoms with van der Waals surface area (Å²) in [4.78, 5) is 44.2. The molecule has 1 saturated carbocycles. The first-order chi connectivity index (χ1) is 18.1. The maximum absolute atomic E-state index is 13.8. The molecule has 3 amide bonds. The van der Waals surface area contributed by atoms with Gasteiger partial charge >= 0.3 is 18.3 Å². The number of hydrogen-bond acceptors (Lipinski definition) is 4. The molecule has 1 heterocycles. The fourth-order valence-corrected chi connectivity index (χ4v) is 4.84. The van der Waals surface area contributed by atoms with Crippen LogP contribution in [0.1, 0.15) is 52.4 Å². The number of benzene rings is 2. The van der Waals surface area contributed by atoms with Crippen LogP contribution in [-0.4, -0.2) is 48.9 Å². The number of carbonyl (C=O) groups excluding carboxylic acids is 1. The first-order valence-corrected chi connectivity index (χ1v) is 12.4. The van der Waals surface area contributed by atoms with Crippen LogP contribution in [0.3, 0.4) is 0 Å². The summed E-state index contributed by atoms with van der Waals surface area (Å²) in [7, 11) is 0. The van der Waals surface area contributed by atoms with Crippen LogP contribution >= 0.6 is 11.6 Å². The second-order valence-corrected chi connectivity index (χ2v) is 10.9. The molecule has 13 heteroatoms. The van der Waals surface area contributed by atoms with E-state index in [0.29, 0.717) is 0 Å². The van der Waals surface area contributed by atoms with Crippen LogP contribution in [0.5, 0.6) is 0 Å². The van der Waals surface area contributed by atoms with Crippen LogP contribution in [0.2, 0.25) is 5.02 Å². The highest BCUT2D eigenvalue weighted by Crippen LogP contribution is 2.48. The van der Waals surface area contributed by atoms with Gasteiger partial charge in [0.1, 0.15) is 11.4 Å². The maximum atomic E-state index is 13.8. The first kappa shape index (κ1) is 28.2. The Labute approximate surface area is 226 Å². The third kappa shape index (κ3) is 5.38. The summed E-state index contributed by atoms with van der Waals surface area (Å²) in [5.74, 6) is 0.0858. The van der Waals surface area contributed by atoms with Crippen molar-refractivity contribution in [3.63, 3.8) is 0 Å². The average molecular weight is 566 g/mol. The molecule has 2 aromatic carbocycles. The second-order valence-electron chi connectivity index (χ2n) is 10.5. The summed E-state index contributed by atoms with van der Waals surface area (Å²) in [5, 5.41) is 14.6. The molecule has 9 nitrogen and oxygen atoms in total. The van der Waals surface area contributed by atoms with Crippen molar-refractivity contribution < 1.29 is 27.9 Å². The highest BCUT2D eigenvalue weighted by Gasteiger charge is 2.64. The molecule has 4 rings (SSSR count). The predicted molar refractivity (Wildman–Crippen MR) is 141 cm³/mol. The molecule has 0 spiro atoms. The Morgan fingerprint density at radius 2 is 1.79 bits per heavy atom. The van der Waals surface area contributed by atoms with E-state index in [9.17, 15) is 32.7 Å². The van der Waals surface area contributed by atoms with Crippen molar-refractivity contribution in [3.05, 3.63) is 63.7 Å². The molecule has 1 aromatic heterocycles. The number of carboxylic acid groups (broad SMARTS) is 1. The van der Waals surface area contributed by atoms with E-state index in [1.165, 1.54) is 34.9 Å². The fraction of sp³-hybridized carbons (Fsp3) is 0.385. The Bertz CT molecular complexity index is 1510. The van der Waals surface area contributed by atoms with Gasteiger partial charge in [-0.3, -0.25) is 14.3 Å². The van der Waals surface area contributed by atoms with Gasteiger partial charge in [0.25, 0.3) is 5.56 Å². The van der Waals surface area contributed by atoms with Gasteiger partial charge in [-0.1, -0.05) is 23.7 Å². The number of hydrogen-bond donors (Lipinski definition) is 3. The monoisotopic (exact) mass is 565 g/mol. The molecule has 1 aliphatic carbocycles. The molecule has 0 radical (unpaired) electrons. The van der Waals surface area contributed by atoms with Gasteiger partial charge in [-0.05, 0) is 70.9 Å². The van der Waals surface area contributed by atoms with Gasteiger partial charge in [0.15, 0.2) is 0 Å². The predicted octanol–water partition coefficient (Wildman–Crippen LogP) is 6.10. The van der Waals surface area contributed by atoms with Gasteiger partial charge in [-0.2, -0.15) is 13.2 Å². The van der Waals surface area contributed by atoms with Crippen molar-refractivity contribution >= 4 is 40.3 Å². The van der Waals surface area contributed by atoms with Crippen molar-refractivity contribution in [3.8, 4) is 5.69 Å². The number of halogens is 4. The Kier molecular flexibility index (Phi) is 7.05. The smallest absolute Gasteiger partial charge is 0.411 e. The molecule has 39 heavy (non-hydrogen) atoms. The van der Waals surface area contributed by atoms with Gasteiger partial charge in [0.05, 0.1) is 27.7 Å². The van der Waals surface area contributed by atoms with Gasteiger partial charge in [0, 0.05) is 11.2 Å². The molecule has 0 aliphatic heterocycles. The average Bonchev–Trinajstić information content (AvgIpc) is 3.58. The Morgan fingerprint density at radius 1 is 1.15 bits per heavy atom. The summed E-state index contributed by atoms with van der Waals surface area (Å²) < 4.78 is 41.0. The van der Waals surface area contributed by atoms with Crippen molar-refractivity contribution in [2.24, 2.45) is 0 Å². The van der Waals surface area contributed by atoms with Crippen molar-refractivity contribution in [1.29, 1.82) is 0 Å². The maximum Gasteiger partial charge on any atom is 0.411 e. The first-order valence-electron chi connectivity index (χ1n) is 12.1. The number of nitrogens with zero attached hydrogens (tertiary/aromatic N) is 3. The van der Waals surface area contributed by atoms with E-state index < -0.39 is 41.0 Å². The van der Waals surface area contributed by atoms with Crippen LogP contribution in [0.4, 0.5) is 28.4 Å². The summed E-state index contributed by atoms with van der Waals surface area (Å²) in [6.45, 7) is 6.70. The lowest BCUT2D eigenvalue weighted by molar-refractivity contribution is -0.162. The number of fused-ring (bicyclic) bond motifs is 1. The number of amides is 3. The van der Waals surface area contributed by atoms with Gasteiger partial charge in [-0.15, -0.1) is 0 Å². The van der Waals surface area contributed by atoms with Crippen molar-refractivity contribution in [1.82, 2.24) is 19.8 Å².